The largest absolute Gasteiger partial charge is 0.258 e. The molecule has 0 aliphatic carbocycles. The number of benzene rings is 1. The Morgan fingerprint density at radius 1 is 1.19 bits per heavy atom. The molecule has 88 valence electrons. The Morgan fingerprint density at radius 2 is 1.69 bits per heavy atom. The van der Waals surface area contributed by atoms with Gasteiger partial charge in [-0.2, -0.15) is 4.40 Å². The number of rotatable bonds is 2. The average Bonchev–Trinajstić information content (AvgIpc) is 2.15. The molecule has 1 aromatic rings. The second-order valence-electron chi connectivity index (χ2n) is 4.37. The van der Waals surface area contributed by atoms with Gasteiger partial charge in [0, 0.05) is 6.21 Å². The van der Waals surface area contributed by atoms with E-state index in [4.69, 9.17) is 0 Å². The second kappa shape index (κ2) is 4.33. The number of hydrogen-bond acceptors (Lipinski definition) is 2. The number of hydrogen-bond donors (Lipinski definition) is 0. The summed E-state index contributed by atoms with van der Waals surface area (Å²) in [6, 6.07) is 5.45. The van der Waals surface area contributed by atoms with Gasteiger partial charge in [0.05, 0.1) is 4.75 Å². The van der Waals surface area contributed by atoms with Gasteiger partial charge >= 0.3 is 0 Å². The van der Waals surface area contributed by atoms with Crippen LogP contribution in [-0.2, 0) is 10.0 Å². The van der Waals surface area contributed by atoms with E-state index in [0.29, 0.717) is 5.56 Å². The first-order valence-electron chi connectivity index (χ1n) is 4.78. The van der Waals surface area contributed by atoms with Crippen molar-refractivity contribution in [1.82, 2.24) is 0 Å². The zero-order valence-electron chi connectivity index (χ0n) is 9.44. The van der Waals surface area contributed by atoms with Crippen molar-refractivity contribution in [3.05, 3.63) is 35.6 Å². The molecule has 0 unspecified atom stereocenters. The van der Waals surface area contributed by atoms with Crippen molar-refractivity contribution in [2.45, 2.75) is 25.5 Å². The highest BCUT2D eigenvalue weighted by Gasteiger charge is 2.27. The lowest BCUT2D eigenvalue weighted by atomic mass is 10.2. The van der Waals surface area contributed by atoms with Crippen LogP contribution in [-0.4, -0.2) is 19.4 Å². The summed E-state index contributed by atoms with van der Waals surface area (Å²) in [7, 11) is -3.53. The Bertz CT molecular complexity index is 484. The van der Waals surface area contributed by atoms with Crippen molar-refractivity contribution < 1.29 is 12.8 Å². The van der Waals surface area contributed by atoms with Gasteiger partial charge < -0.3 is 0 Å². The zero-order chi connectivity index (χ0) is 12.4. The third kappa shape index (κ3) is 3.13. The second-order valence-corrected chi connectivity index (χ2v) is 6.76. The van der Waals surface area contributed by atoms with Crippen LogP contribution in [0.1, 0.15) is 26.3 Å². The molecule has 0 fully saturated rings. The van der Waals surface area contributed by atoms with Crippen LogP contribution < -0.4 is 0 Å². The highest BCUT2D eigenvalue weighted by atomic mass is 32.2. The van der Waals surface area contributed by atoms with E-state index < -0.39 is 14.8 Å². The Hall–Kier alpha value is -1.23. The molecule has 0 heterocycles. The molecular weight excluding hydrogens is 229 g/mol. The van der Waals surface area contributed by atoms with Crippen molar-refractivity contribution in [1.29, 1.82) is 0 Å². The van der Waals surface area contributed by atoms with E-state index in [0.717, 1.165) is 0 Å². The normalized spacial score (nSPS) is 13.2. The van der Waals surface area contributed by atoms with Crippen LogP contribution in [0, 0.1) is 5.82 Å². The minimum absolute atomic E-state index is 0.365. The topological polar surface area (TPSA) is 46.5 Å². The predicted octanol–water partition coefficient (Wildman–Crippen LogP) is 2.37. The van der Waals surface area contributed by atoms with Crippen molar-refractivity contribution in [2.75, 3.05) is 0 Å². The standard InChI is InChI=1S/C11H14FNO2S/c1-11(2,3)16(14,15)13-8-9-4-6-10(12)7-5-9/h4-8H,1-3H3/b13-8+. The molecule has 0 aliphatic rings. The summed E-state index contributed by atoms with van der Waals surface area (Å²) in [4.78, 5) is 0. The molecular formula is C11H14FNO2S. The van der Waals surface area contributed by atoms with Crippen LogP contribution >= 0.6 is 0 Å². The minimum atomic E-state index is -3.53. The molecule has 0 atom stereocenters. The van der Waals surface area contributed by atoms with E-state index in [2.05, 4.69) is 4.40 Å². The number of nitrogens with zero attached hydrogens (tertiary/aromatic N) is 1. The van der Waals surface area contributed by atoms with Gasteiger partial charge in [-0.15, -0.1) is 0 Å². The maximum atomic E-state index is 12.6. The van der Waals surface area contributed by atoms with Crippen LogP contribution in [0.4, 0.5) is 4.39 Å². The SMILES string of the molecule is CC(C)(C)S(=O)(=O)/N=C/c1ccc(F)cc1. The molecule has 0 saturated carbocycles. The van der Waals surface area contributed by atoms with Crippen molar-refractivity contribution in [2.24, 2.45) is 4.40 Å². The molecule has 0 aliphatic heterocycles. The Morgan fingerprint density at radius 3 is 2.12 bits per heavy atom. The van der Waals surface area contributed by atoms with Crippen LogP contribution in [0.2, 0.25) is 0 Å². The van der Waals surface area contributed by atoms with Gasteiger partial charge in [0.2, 0.25) is 0 Å². The molecule has 0 amide bonds. The van der Waals surface area contributed by atoms with Gasteiger partial charge in [0.15, 0.2) is 0 Å². The quantitative estimate of drug-likeness (QED) is 0.749. The Balaban J connectivity index is 2.94. The molecule has 0 saturated heterocycles. The lowest BCUT2D eigenvalue weighted by Gasteiger charge is -2.14. The van der Waals surface area contributed by atoms with E-state index in [1.807, 2.05) is 0 Å². The van der Waals surface area contributed by atoms with Gasteiger partial charge in [-0.05, 0) is 38.5 Å². The van der Waals surface area contributed by atoms with Crippen LogP contribution in [0.25, 0.3) is 0 Å². The summed E-state index contributed by atoms with van der Waals surface area (Å²) in [5.74, 6) is -0.365. The Kier molecular flexibility index (Phi) is 3.48. The fourth-order valence-corrected chi connectivity index (χ4v) is 1.41. The van der Waals surface area contributed by atoms with Gasteiger partial charge in [0.1, 0.15) is 5.82 Å². The highest BCUT2D eigenvalue weighted by molar-refractivity contribution is 7.91. The molecule has 5 heteroatoms. The summed E-state index contributed by atoms with van der Waals surface area (Å²) >= 11 is 0. The van der Waals surface area contributed by atoms with Gasteiger partial charge in [-0.1, -0.05) is 12.1 Å². The van der Waals surface area contributed by atoms with E-state index in [1.54, 1.807) is 20.8 Å². The fraction of sp³-hybridized carbons (Fsp3) is 0.364. The van der Waals surface area contributed by atoms with Crippen LogP contribution in [0.3, 0.4) is 0 Å². The predicted molar refractivity (Wildman–Crippen MR) is 62.7 cm³/mol. The van der Waals surface area contributed by atoms with Crippen molar-refractivity contribution in [3.63, 3.8) is 0 Å². The maximum absolute atomic E-state index is 12.6. The van der Waals surface area contributed by atoms with E-state index in [-0.39, 0.29) is 5.82 Å². The van der Waals surface area contributed by atoms with Crippen LogP contribution in [0.15, 0.2) is 28.7 Å². The number of sulfonamides is 1. The minimum Gasteiger partial charge on any atom is -0.207 e. The molecule has 0 aromatic heterocycles. The molecule has 16 heavy (non-hydrogen) atoms. The summed E-state index contributed by atoms with van der Waals surface area (Å²) in [5.41, 5.74) is 0.550. The lowest BCUT2D eigenvalue weighted by Crippen LogP contribution is -2.25. The molecule has 0 bridgehead atoms. The smallest absolute Gasteiger partial charge is 0.207 e. The molecule has 1 aromatic carbocycles. The monoisotopic (exact) mass is 243 g/mol. The average molecular weight is 243 g/mol. The zero-order valence-corrected chi connectivity index (χ0v) is 10.3. The fourth-order valence-electron chi connectivity index (χ4n) is 0.837. The van der Waals surface area contributed by atoms with Gasteiger partial charge in [-0.25, -0.2) is 12.8 Å². The molecule has 1 rings (SSSR count). The van der Waals surface area contributed by atoms with Gasteiger partial charge in [0.25, 0.3) is 10.0 Å². The summed E-state index contributed by atoms with van der Waals surface area (Å²) in [5, 5.41) is 0. The first kappa shape index (κ1) is 12.8. The first-order valence-corrected chi connectivity index (χ1v) is 6.22. The van der Waals surface area contributed by atoms with E-state index >= 15 is 0 Å². The maximum Gasteiger partial charge on any atom is 0.258 e. The van der Waals surface area contributed by atoms with E-state index in [9.17, 15) is 12.8 Å². The highest BCUT2D eigenvalue weighted by Crippen LogP contribution is 2.16. The third-order valence-corrected chi connectivity index (χ3v) is 3.92. The molecule has 0 radical (unpaired) electrons. The molecule has 0 spiro atoms. The van der Waals surface area contributed by atoms with Crippen molar-refractivity contribution >= 4 is 16.2 Å². The lowest BCUT2D eigenvalue weighted by molar-refractivity contribution is 0.562. The summed E-state index contributed by atoms with van der Waals surface area (Å²) in [6.07, 6.45) is 1.22. The Labute approximate surface area is 95.1 Å². The van der Waals surface area contributed by atoms with Gasteiger partial charge in [-0.3, -0.25) is 0 Å². The summed E-state index contributed by atoms with van der Waals surface area (Å²) in [6.45, 7) is 4.72. The first-order chi connectivity index (χ1) is 7.22. The third-order valence-electron chi connectivity index (χ3n) is 1.98. The van der Waals surface area contributed by atoms with Crippen molar-refractivity contribution in [3.8, 4) is 0 Å². The van der Waals surface area contributed by atoms with Crippen LogP contribution in [0.5, 0.6) is 0 Å². The molecule has 0 N–H and O–H groups in total. The molecule has 3 nitrogen and oxygen atoms in total. The summed E-state index contributed by atoms with van der Waals surface area (Å²) < 4.78 is 38.5. The van der Waals surface area contributed by atoms with E-state index in [1.165, 1.54) is 30.5 Å². The number of halogens is 1.